The van der Waals surface area contributed by atoms with Crippen LogP contribution in [0.3, 0.4) is 0 Å². The molecule has 3 heterocycles. The van der Waals surface area contributed by atoms with Crippen LogP contribution in [0.4, 0.5) is 5.95 Å². The molecule has 0 bridgehead atoms. The highest BCUT2D eigenvalue weighted by molar-refractivity contribution is 5.98. The first-order chi connectivity index (χ1) is 29.0. The third kappa shape index (κ3) is 9.35. The second kappa shape index (κ2) is 18.1. The Morgan fingerprint density at radius 2 is 1.30 bits per heavy atom. The molecule has 0 aliphatic rings. The van der Waals surface area contributed by atoms with Gasteiger partial charge in [0.2, 0.25) is 11.9 Å². The van der Waals surface area contributed by atoms with Crippen molar-refractivity contribution in [1.29, 1.82) is 0 Å². The number of H-pyrrole nitrogens is 3. The fourth-order valence-corrected chi connectivity index (χ4v) is 7.14. The van der Waals surface area contributed by atoms with Gasteiger partial charge in [0.1, 0.15) is 11.7 Å². The van der Waals surface area contributed by atoms with Gasteiger partial charge >= 0.3 is 5.97 Å². The first kappa shape index (κ1) is 40.9. The number of hydrogen-bond acceptors (Lipinski definition) is 8. The van der Waals surface area contributed by atoms with E-state index >= 15 is 0 Å². The smallest absolute Gasteiger partial charge is 0.316 e. The van der Waals surface area contributed by atoms with Gasteiger partial charge in [-0.25, -0.2) is 15.8 Å². The predicted molar refractivity (Wildman–Crippen MR) is 239 cm³/mol. The molecule has 1 atom stereocenters. The largest absolute Gasteiger partial charge is 0.465 e. The van der Waals surface area contributed by atoms with Gasteiger partial charge in [0.05, 0.1) is 28.7 Å². The molecule has 6 N–H and O–H groups in total. The van der Waals surface area contributed by atoms with Gasteiger partial charge in [-0.05, 0) is 109 Å². The molecule has 9 rings (SSSR count). The number of carbonyl (C=O) groups is 2. The van der Waals surface area contributed by atoms with Crippen LogP contribution in [0, 0.1) is 26.7 Å². The zero-order valence-corrected chi connectivity index (χ0v) is 34.3. The Bertz CT molecular complexity index is 3030. The minimum Gasteiger partial charge on any atom is -0.465 e. The van der Waals surface area contributed by atoms with Crippen LogP contribution in [0.25, 0.3) is 49.6 Å². The zero-order chi connectivity index (χ0) is 42.3. The van der Waals surface area contributed by atoms with Crippen LogP contribution in [0.2, 0.25) is 0 Å². The van der Waals surface area contributed by atoms with E-state index in [1.807, 2.05) is 112 Å². The lowest BCUT2D eigenvalue weighted by Crippen LogP contribution is -2.26. The van der Waals surface area contributed by atoms with Gasteiger partial charge in [0, 0.05) is 17.7 Å². The number of Topliss-reactive ketones (excluding diaryl/α,β-unsaturated/α-hetero) is 1. The van der Waals surface area contributed by atoms with Crippen molar-refractivity contribution in [1.82, 2.24) is 29.7 Å². The van der Waals surface area contributed by atoms with Crippen molar-refractivity contribution in [3.63, 3.8) is 0 Å². The number of carbonyl (C=O) groups excluding carboxylic acids is 2. The van der Waals surface area contributed by atoms with Gasteiger partial charge in [-0.3, -0.25) is 24.9 Å². The van der Waals surface area contributed by atoms with E-state index in [0.29, 0.717) is 31.3 Å². The lowest BCUT2D eigenvalue weighted by atomic mass is 9.94. The standard InChI is InChI=1S/C23H20N4O.C17H18O3.C8H10N4/c1-14-7-10-20-21(11-14)25-23(24-20)27-22(28)19(15(2)26-27)13-16-8-9-17-5-3-4-6-18(17)12-16;1-3-20-17(19)16(12(2)18)11-13-8-9-14-6-4-5-7-15(14)10-13;1-5-2-3-6-7(4-5)11-8(10-6)12-9/h3-12,26H,13H2,1-2H3,(H,24,25);4-10,16H,3,11H2,1-2H3;2-4H,9H2,1H3,(H2,10,11,12). The third-order valence-electron chi connectivity index (χ3n) is 10.3. The van der Waals surface area contributed by atoms with E-state index in [1.165, 1.54) is 27.9 Å². The molecule has 12 nitrogen and oxygen atoms in total. The van der Waals surface area contributed by atoms with Crippen molar-refractivity contribution in [2.24, 2.45) is 11.8 Å². The minimum atomic E-state index is -0.712. The Balaban J connectivity index is 0.000000148. The quantitative estimate of drug-likeness (QED) is 0.0417. The Morgan fingerprint density at radius 1 is 0.733 bits per heavy atom. The Hall–Kier alpha value is -7.31. The second-order valence-corrected chi connectivity index (χ2v) is 14.8. The second-order valence-electron chi connectivity index (χ2n) is 14.8. The summed E-state index contributed by atoms with van der Waals surface area (Å²) in [5.74, 6) is 5.01. The molecule has 3 aromatic heterocycles. The van der Waals surface area contributed by atoms with E-state index in [9.17, 15) is 14.4 Å². The van der Waals surface area contributed by atoms with Gasteiger partial charge < -0.3 is 14.7 Å². The number of imidazole rings is 2. The molecule has 0 saturated carbocycles. The summed E-state index contributed by atoms with van der Waals surface area (Å²) in [4.78, 5) is 51.5. The van der Waals surface area contributed by atoms with E-state index in [4.69, 9.17) is 10.6 Å². The monoisotopic (exact) mass is 800 g/mol. The molecule has 12 heteroatoms. The van der Waals surface area contributed by atoms with E-state index in [0.717, 1.165) is 60.8 Å². The molecule has 304 valence electrons. The molecule has 9 aromatic rings. The molecule has 1 unspecified atom stereocenters. The third-order valence-corrected chi connectivity index (χ3v) is 10.3. The lowest BCUT2D eigenvalue weighted by molar-refractivity contribution is -0.151. The van der Waals surface area contributed by atoms with Crippen LogP contribution in [-0.4, -0.2) is 48.1 Å². The Morgan fingerprint density at radius 3 is 1.90 bits per heavy atom. The van der Waals surface area contributed by atoms with Crippen LogP contribution in [-0.2, 0) is 27.2 Å². The highest BCUT2D eigenvalue weighted by Gasteiger charge is 2.25. The number of hydrazine groups is 1. The van der Waals surface area contributed by atoms with Gasteiger partial charge in [-0.1, -0.05) is 97.1 Å². The normalized spacial score (nSPS) is 11.5. The molecule has 6 aromatic carbocycles. The van der Waals surface area contributed by atoms with Crippen LogP contribution in [0.15, 0.2) is 126 Å². The molecule has 0 aliphatic heterocycles. The molecule has 0 radical (unpaired) electrons. The number of anilines is 1. The van der Waals surface area contributed by atoms with E-state index < -0.39 is 11.9 Å². The van der Waals surface area contributed by atoms with Crippen molar-refractivity contribution in [3.05, 3.63) is 165 Å². The Labute approximate surface area is 346 Å². The summed E-state index contributed by atoms with van der Waals surface area (Å²) in [6, 6.07) is 40.6. The number of nitrogen functional groups attached to an aromatic ring is 1. The molecule has 0 amide bonds. The SMILES string of the molecule is CCOC(=O)C(Cc1ccc2ccccc2c1)C(C)=O.Cc1ccc2nc(-n3[nH]c(C)c(Cc4ccc5ccccc5c4)c3=O)[nH]c2c1.Cc1ccc2nc(NN)[nH]c2c1. The predicted octanol–water partition coefficient (Wildman–Crippen LogP) is 8.71. The topological polar surface area (TPSA) is 177 Å². The van der Waals surface area contributed by atoms with Crippen LogP contribution < -0.4 is 16.8 Å². The van der Waals surface area contributed by atoms with Crippen molar-refractivity contribution >= 4 is 61.3 Å². The maximum Gasteiger partial charge on any atom is 0.316 e. The van der Waals surface area contributed by atoms with Gasteiger partial charge in [-0.2, -0.15) is 4.68 Å². The molecule has 0 spiro atoms. The number of ketones is 1. The summed E-state index contributed by atoms with van der Waals surface area (Å²) >= 11 is 0. The number of nitrogens with one attached hydrogen (secondary N) is 4. The van der Waals surface area contributed by atoms with E-state index in [1.54, 1.807) is 6.92 Å². The zero-order valence-electron chi connectivity index (χ0n) is 34.3. The number of aromatic amines is 3. The Kier molecular flexibility index (Phi) is 12.3. The number of hydrogen-bond donors (Lipinski definition) is 5. The highest BCUT2D eigenvalue weighted by atomic mass is 16.5. The van der Waals surface area contributed by atoms with Crippen molar-refractivity contribution < 1.29 is 14.3 Å². The first-order valence-corrected chi connectivity index (χ1v) is 19.8. The molecule has 0 saturated heterocycles. The van der Waals surface area contributed by atoms with Crippen molar-refractivity contribution in [2.75, 3.05) is 12.0 Å². The van der Waals surface area contributed by atoms with Gasteiger partial charge in [0.15, 0.2) is 0 Å². The van der Waals surface area contributed by atoms with E-state index in [-0.39, 0.29) is 11.3 Å². The number of nitrogens with two attached hydrogens (primary N) is 1. The highest BCUT2D eigenvalue weighted by Crippen LogP contribution is 2.21. The number of aromatic nitrogens is 6. The van der Waals surface area contributed by atoms with Crippen molar-refractivity contribution in [2.45, 2.75) is 47.5 Å². The number of fused-ring (bicyclic) bond motifs is 4. The maximum absolute atomic E-state index is 13.1. The average Bonchev–Trinajstić information content (AvgIpc) is 3.94. The fourth-order valence-electron chi connectivity index (χ4n) is 7.14. The molecular formula is C48H48N8O4. The molecule has 0 fully saturated rings. The number of benzene rings is 6. The van der Waals surface area contributed by atoms with Crippen molar-refractivity contribution in [3.8, 4) is 5.95 Å². The summed E-state index contributed by atoms with van der Waals surface area (Å²) in [6.07, 6.45) is 0.970. The van der Waals surface area contributed by atoms with Crippen LogP contribution in [0.1, 0.15) is 47.4 Å². The van der Waals surface area contributed by atoms with E-state index in [2.05, 4.69) is 60.8 Å². The number of esters is 1. The lowest BCUT2D eigenvalue weighted by Gasteiger charge is -2.13. The number of rotatable bonds is 9. The number of nitrogens with zero attached hydrogens (tertiary/aromatic N) is 3. The first-order valence-electron chi connectivity index (χ1n) is 19.8. The van der Waals surface area contributed by atoms with Gasteiger partial charge in [-0.15, -0.1) is 0 Å². The number of ether oxygens (including phenoxy) is 1. The summed E-state index contributed by atoms with van der Waals surface area (Å²) in [5, 5.41) is 7.81. The summed E-state index contributed by atoms with van der Waals surface area (Å²) in [5.41, 5.74) is 12.1. The summed E-state index contributed by atoms with van der Waals surface area (Å²) < 4.78 is 6.47. The van der Waals surface area contributed by atoms with Crippen LogP contribution >= 0.6 is 0 Å². The average molecular weight is 801 g/mol. The molecule has 0 aliphatic carbocycles. The summed E-state index contributed by atoms with van der Waals surface area (Å²) in [7, 11) is 0. The molecular weight excluding hydrogens is 753 g/mol. The van der Waals surface area contributed by atoms with Gasteiger partial charge in [0.25, 0.3) is 5.56 Å². The summed E-state index contributed by atoms with van der Waals surface area (Å²) in [6.45, 7) is 9.47. The fraction of sp³-hybridized carbons (Fsp3) is 0.188. The maximum atomic E-state index is 13.1. The number of aryl methyl sites for hydroxylation is 3. The molecule has 60 heavy (non-hydrogen) atoms. The minimum absolute atomic E-state index is 0.0681. The van der Waals surface area contributed by atoms with Crippen LogP contribution in [0.5, 0.6) is 0 Å².